The molecule has 0 aromatic carbocycles. The number of hydrogen-bond donors (Lipinski definition) is 2. The highest BCUT2D eigenvalue weighted by molar-refractivity contribution is 5.80. The summed E-state index contributed by atoms with van der Waals surface area (Å²) in [6, 6.07) is 3.92. The number of rotatable bonds is 6. The van der Waals surface area contributed by atoms with Crippen molar-refractivity contribution in [3.63, 3.8) is 0 Å². The highest BCUT2D eigenvalue weighted by Crippen LogP contribution is 2.19. The molecule has 0 bridgehead atoms. The van der Waals surface area contributed by atoms with Gasteiger partial charge in [0.1, 0.15) is 5.76 Å². The van der Waals surface area contributed by atoms with E-state index in [-0.39, 0.29) is 11.9 Å². The summed E-state index contributed by atoms with van der Waals surface area (Å²) in [6.45, 7) is 6.27. The fourth-order valence-electron chi connectivity index (χ4n) is 1.40. The third kappa shape index (κ3) is 3.10. The smallest absolute Gasteiger partial charge is 0.224 e. The monoisotopic (exact) mass is 224 g/mol. The van der Waals surface area contributed by atoms with Crippen molar-refractivity contribution in [2.75, 3.05) is 6.54 Å². The molecule has 1 unspecified atom stereocenters. The summed E-state index contributed by atoms with van der Waals surface area (Å²) in [5.74, 6) is 0.595. The molecule has 0 saturated carbocycles. The van der Waals surface area contributed by atoms with Crippen molar-refractivity contribution in [1.29, 1.82) is 0 Å². The van der Waals surface area contributed by atoms with Gasteiger partial charge in [0, 0.05) is 6.54 Å². The van der Waals surface area contributed by atoms with E-state index in [1.165, 1.54) is 0 Å². The molecule has 1 atom stereocenters. The second-order valence-electron chi connectivity index (χ2n) is 4.61. The van der Waals surface area contributed by atoms with E-state index in [0.717, 1.165) is 12.2 Å². The van der Waals surface area contributed by atoms with Crippen molar-refractivity contribution in [2.24, 2.45) is 11.1 Å². The minimum Gasteiger partial charge on any atom is -0.468 e. The summed E-state index contributed by atoms with van der Waals surface area (Å²) in [4.78, 5) is 11.2. The van der Waals surface area contributed by atoms with E-state index >= 15 is 0 Å². The van der Waals surface area contributed by atoms with Gasteiger partial charge in [-0.1, -0.05) is 6.92 Å². The van der Waals surface area contributed by atoms with E-state index in [2.05, 4.69) is 12.2 Å². The molecule has 0 aliphatic heterocycles. The number of furan rings is 1. The average Bonchev–Trinajstić information content (AvgIpc) is 2.71. The molecule has 4 nitrogen and oxygen atoms in total. The molecule has 1 amide bonds. The van der Waals surface area contributed by atoms with Crippen LogP contribution < -0.4 is 11.1 Å². The number of carbonyl (C=O) groups is 1. The van der Waals surface area contributed by atoms with Gasteiger partial charge in [-0.15, -0.1) is 0 Å². The first-order valence-electron chi connectivity index (χ1n) is 5.54. The molecule has 0 radical (unpaired) electrons. The van der Waals surface area contributed by atoms with Gasteiger partial charge in [0.2, 0.25) is 5.91 Å². The molecule has 0 saturated heterocycles. The van der Waals surface area contributed by atoms with Gasteiger partial charge in [-0.3, -0.25) is 4.79 Å². The van der Waals surface area contributed by atoms with Crippen LogP contribution in [0.1, 0.15) is 39.0 Å². The Balaban J connectivity index is 2.56. The minimum atomic E-state index is -0.542. The summed E-state index contributed by atoms with van der Waals surface area (Å²) in [5, 5.41) is 3.30. The van der Waals surface area contributed by atoms with Crippen molar-refractivity contribution in [2.45, 2.75) is 33.2 Å². The van der Waals surface area contributed by atoms with E-state index in [0.29, 0.717) is 6.54 Å². The molecule has 16 heavy (non-hydrogen) atoms. The van der Waals surface area contributed by atoms with Crippen LogP contribution in [0, 0.1) is 5.41 Å². The quantitative estimate of drug-likeness (QED) is 0.774. The van der Waals surface area contributed by atoms with E-state index in [9.17, 15) is 4.79 Å². The van der Waals surface area contributed by atoms with Crippen LogP contribution in [0.25, 0.3) is 0 Å². The van der Waals surface area contributed by atoms with E-state index in [1.54, 1.807) is 6.26 Å². The topological polar surface area (TPSA) is 68.3 Å². The summed E-state index contributed by atoms with van der Waals surface area (Å²) < 4.78 is 5.33. The molecule has 0 aliphatic carbocycles. The largest absolute Gasteiger partial charge is 0.468 e. The standard InChI is InChI=1S/C12H20N2O2/c1-4-9(10-6-5-7-16-10)14-8-12(2,3)11(13)15/h5-7,9,14H,4,8H2,1-3H3,(H2,13,15). The van der Waals surface area contributed by atoms with Gasteiger partial charge >= 0.3 is 0 Å². The van der Waals surface area contributed by atoms with Crippen molar-refractivity contribution >= 4 is 5.91 Å². The molecule has 0 fully saturated rings. The van der Waals surface area contributed by atoms with Gasteiger partial charge in [-0.2, -0.15) is 0 Å². The molecule has 1 aromatic heterocycles. The lowest BCUT2D eigenvalue weighted by Gasteiger charge is -2.24. The van der Waals surface area contributed by atoms with Gasteiger partial charge in [0.15, 0.2) is 0 Å². The van der Waals surface area contributed by atoms with Crippen LogP contribution in [0.2, 0.25) is 0 Å². The zero-order chi connectivity index (χ0) is 12.2. The van der Waals surface area contributed by atoms with Crippen molar-refractivity contribution in [3.05, 3.63) is 24.2 Å². The minimum absolute atomic E-state index is 0.133. The van der Waals surface area contributed by atoms with Crippen LogP contribution in [0.4, 0.5) is 0 Å². The second-order valence-corrected chi connectivity index (χ2v) is 4.61. The molecule has 0 spiro atoms. The Labute approximate surface area is 96.2 Å². The molecule has 1 rings (SSSR count). The van der Waals surface area contributed by atoms with Crippen molar-refractivity contribution < 1.29 is 9.21 Å². The SMILES string of the molecule is CCC(NCC(C)(C)C(N)=O)c1ccco1. The number of nitrogens with one attached hydrogen (secondary N) is 1. The number of amides is 1. The van der Waals surface area contributed by atoms with Gasteiger partial charge in [-0.25, -0.2) is 0 Å². The highest BCUT2D eigenvalue weighted by Gasteiger charge is 2.26. The predicted octanol–water partition coefficient (Wildman–Crippen LogP) is 1.83. The number of carbonyl (C=O) groups excluding carboxylic acids is 1. The zero-order valence-electron chi connectivity index (χ0n) is 10.1. The van der Waals surface area contributed by atoms with Gasteiger partial charge in [-0.05, 0) is 32.4 Å². The first-order chi connectivity index (χ1) is 7.47. The van der Waals surface area contributed by atoms with Crippen LogP contribution in [0.15, 0.2) is 22.8 Å². The molecule has 4 heteroatoms. The highest BCUT2D eigenvalue weighted by atomic mass is 16.3. The maximum atomic E-state index is 11.2. The fourth-order valence-corrected chi connectivity index (χ4v) is 1.40. The summed E-state index contributed by atoms with van der Waals surface area (Å²) in [6.07, 6.45) is 2.56. The molecule has 0 aliphatic rings. The fraction of sp³-hybridized carbons (Fsp3) is 0.583. The van der Waals surface area contributed by atoms with Gasteiger partial charge in [0.25, 0.3) is 0 Å². The molecule has 90 valence electrons. The van der Waals surface area contributed by atoms with E-state index in [1.807, 2.05) is 26.0 Å². The summed E-state index contributed by atoms with van der Waals surface area (Å²) in [5.41, 5.74) is 4.77. The molecule has 1 heterocycles. The van der Waals surface area contributed by atoms with E-state index < -0.39 is 5.41 Å². The molecule has 1 aromatic rings. The maximum Gasteiger partial charge on any atom is 0.224 e. The Morgan fingerprint density at radius 2 is 2.31 bits per heavy atom. The Kier molecular flexibility index (Phi) is 4.12. The van der Waals surface area contributed by atoms with Crippen LogP contribution in [-0.4, -0.2) is 12.5 Å². The van der Waals surface area contributed by atoms with Crippen molar-refractivity contribution in [1.82, 2.24) is 5.32 Å². The third-order valence-corrected chi connectivity index (χ3v) is 2.75. The van der Waals surface area contributed by atoms with Crippen LogP contribution >= 0.6 is 0 Å². The molecule has 3 N–H and O–H groups in total. The van der Waals surface area contributed by atoms with Gasteiger partial charge in [0.05, 0.1) is 17.7 Å². The maximum absolute atomic E-state index is 11.2. The van der Waals surface area contributed by atoms with Crippen molar-refractivity contribution in [3.8, 4) is 0 Å². The lowest BCUT2D eigenvalue weighted by atomic mass is 9.92. The average molecular weight is 224 g/mol. The molecular formula is C12H20N2O2. The Hall–Kier alpha value is -1.29. The van der Waals surface area contributed by atoms with Crippen LogP contribution in [0.3, 0.4) is 0 Å². The predicted molar refractivity (Wildman–Crippen MR) is 62.7 cm³/mol. The van der Waals surface area contributed by atoms with Gasteiger partial charge < -0.3 is 15.5 Å². The number of hydrogen-bond acceptors (Lipinski definition) is 3. The van der Waals surface area contributed by atoms with E-state index in [4.69, 9.17) is 10.2 Å². The number of primary amides is 1. The second kappa shape index (κ2) is 5.16. The lowest BCUT2D eigenvalue weighted by Crippen LogP contribution is -2.41. The Morgan fingerprint density at radius 1 is 1.62 bits per heavy atom. The first-order valence-corrected chi connectivity index (χ1v) is 5.54. The van der Waals surface area contributed by atoms with Crippen LogP contribution in [-0.2, 0) is 4.79 Å². The zero-order valence-corrected chi connectivity index (χ0v) is 10.1. The first kappa shape index (κ1) is 12.8. The number of nitrogens with two attached hydrogens (primary N) is 1. The molecular weight excluding hydrogens is 204 g/mol. The summed E-state index contributed by atoms with van der Waals surface area (Å²) in [7, 11) is 0. The Morgan fingerprint density at radius 3 is 2.75 bits per heavy atom. The summed E-state index contributed by atoms with van der Waals surface area (Å²) >= 11 is 0. The van der Waals surface area contributed by atoms with Crippen LogP contribution in [0.5, 0.6) is 0 Å². The lowest BCUT2D eigenvalue weighted by molar-refractivity contribution is -0.125. The third-order valence-electron chi connectivity index (χ3n) is 2.75. The normalized spacial score (nSPS) is 13.7. The Bertz CT molecular complexity index is 331.